The van der Waals surface area contributed by atoms with E-state index in [0.29, 0.717) is 39.5 Å². The quantitative estimate of drug-likeness (QED) is 0.347. The van der Waals surface area contributed by atoms with E-state index in [1.807, 2.05) is 30.3 Å². The first-order valence-electron chi connectivity index (χ1n) is 13.9. The zero-order valence-corrected chi connectivity index (χ0v) is 23.7. The fourth-order valence-corrected chi connectivity index (χ4v) is 4.53. The Morgan fingerprint density at radius 2 is 1.65 bits per heavy atom. The molecule has 12 heteroatoms. The largest absolute Gasteiger partial charge is 0.445 e. The molecule has 1 unspecified atom stereocenters. The van der Waals surface area contributed by atoms with Gasteiger partial charge in [0, 0.05) is 46.8 Å². The van der Waals surface area contributed by atoms with Crippen LogP contribution < -0.4 is 5.32 Å². The fourth-order valence-electron chi connectivity index (χ4n) is 4.53. The maximum Gasteiger partial charge on any atom is 0.410 e. The van der Waals surface area contributed by atoms with Gasteiger partial charge in [-0.25, -0.2) is 4.79 Å². The van der Waals surface area contributed by atoms with Gasteiger partial charge < -0.3 is 34.2 Å². The van der Waals surface area contributed by atoms with Crippen LogP contribution in [-0.2, 0) is 35.2 Å². The standard InChI is InChI=1S/C28H43N5O7/c1-30(20-26(35)33-11-7-4-8-12-33)27(36)24(22-39-18-15-32-13-16-38-17-14-32)29-25(34)19-31(2)28(37)40-21-23-9-5-3-6-10-23/h3,5-6,9-10,24H,4,7-8,11-22H2,1-2H3,(H,29,34). The van der Waals surface area contributed by atoms with Gasteiger partial charge in [-0.15, -0.1) is 0 Å². The van der Waals surface area contributed by atoms with E-state index in [-0.39, 0.29) is 32.2 Å². The summed E-state index contributed by atoms with van der Waals surface area (Å²) in [5, 5.41) is 2.69. The van der Waals surface area contributed by atoms with E-state index in [1.165, 1.54) is 11.9 Å². The minimum absolute atomic E-state index is 0.0562. The first-order chi connectivity index (χ1) is 19.3. The van der Waals surface area contributed by atoms with Crippen LogP contribution in [0.1, 0.15) is 24.8 Å². The Labute approximate surface area is 236 Å². The molecule has 40 heavy (non-hydrogen) atoms. The molecule has 2 aliphatic rings. The molecule has 0 spiro atoms. The summed E-state index contributed by atoms with van der Waals surface area (Å²) >= 11 is 0. The lowest BCUT2D eigenvalue weighted by Gasteiger charge is -2.30. The molecule has 2 aliphatic heterocycles. The van der Waals surface area contributed by atoms with Crippen molar-refractivity contribution in [1.82, 2.24) is 24.9 Å². The molecule has 1 aromatic rings. The molecule has 4 amide bonds. The molecule has 1 aromatic carbocycles. The Morgan fingerprint density at radius 3 is 2.35 bits per heavy atom. The van der Waals surface area contributed by atoms with Crippen LogP contribution in [0.4, 0.5) is 4.79 Å². The van der Waals surface area contributed by atoms with Crippen molar-refractivity contribution in [3.05, 3.63) is 35.9 Å². The lowest BCUT2D eigenvalue weighted by molar-refractivity contribution is -0.143. The van der Waals surface area contributed by atoms with Crippen molar-refractivity contribution in [3.63, 3.8) is 0 Å². The van der Waals surface area contributed by atoms with E-state index in [9.17, 15) is 19.2 Å². The van der Waals surface area contributed by atoms with Crippen LogP contribution >= 0.6 is 0 Å². The zero-order chi connectivity index (χ0) is 28.7. The summed E-state index contributed by atoms with van der Waals surface area (Å²) in [6.07, 6.45) is 2.36. The molecule has 2 heterocycles. The van der Waals surface area contributed by atoms with Gasteiger partial charge in [0.15, 0.2) is 0 Å². The van der Waals surface area contributed by atoms with Crippen LogP contribution in [0, 0.1) is 0 Å². The highest BCUT2D eigenvalue weighted by Crippen LogP contribution is 2.09. The highest BCUT2D eigenvalue weighted by Gasteiger charge is 2.28. The SMILES string of the molecule is CN(CC(=O)NC(COCCN1CCOCC1)C(=O)N(C)CC(=O)N1CCCCC1)C(=O)OCc1ccccc1. The van der Waals surface area contributed by atoms with Gasteiger partial charge in [-0.2, -0.15) is 0 Å². The number of hydrogen-bond acceptors (Lipinski definition) is 8. The Balaban J connectivity index is 1.51. The summed E-state index contributed by atoms with van der Waals surface area (Å²) in [5.41, 5.74) is 0.829. The van der Waals surface area contributed by atoms with Crippen molar-refractivity contribution < 1.29 is 33.4 Å². The third kappa shape index (κ3) is 10.7. The molecule has 0 bridgehead atoms. The molecule has 0 saturated carbocycles. The monoisotopic (exact) mass is 561 g/mol. The van der Waals surface area contributed by atoms with Crippen LogP contribution in [0.25, 0.3) is 0 Å². The number of morpholine rings is 1. The van der Waals surface area contributed by atoms with Gasteiger partial charge in [0.25, 0.3) is 0 Å². The molecule has 1 N–H and O–H groups in total. The van der Waals surface area contributed by atoms with Crippen LogP contribution in [0.15, 0.2) is 30.3 Å². The number of rotatable bonds is 13. The Bertz CT molecular complexity index is 952. The van der Waals surface area contributed by atoms with E-state index in [0.717, 1.165) is 42.8 Å². The Kier molecular flexibility index (Phi) is 13.1. The number of nitrogens with zero attached hydrogens (tertiary/aromatic N) is 4. The lowest BCUT2D eigenvalue weighted by atomic mass is 10.1. The van der Waals surface area contributed by atoms with Gasteiger partial charge >= 0.3 is 6.09 Å². The maximum atomic E-state index is 13.3. The van der Waals surface area contributed by atoms with Crippen LogP contribution in [0.3, 0.4) is 0 Å². The zero-order valence-electron chi connectivity index (χ0n) is 23.7. The van der Waals surface area contributed by atoms with Gasteiger partial charge in [0.1, 0.15) is 19.2 Å². The molecule has 2 saturated heterocycles. The van der Waals surface area contributed by atoms with E-state index < -0.39 is 23.9 Å². The average molecular weight is 562 g/mol. The predicted octanol–water partition coefficient (Wildman–Crippen LogP) is 0.560. The van der Waals surface area contributed by atoms with Crippen LogP contribution in [-0.4, -0.2) is 136 Å². The molecule has 0 aromatic heterocycles. The number of benzene rings is 1. The summed E-state index contributed by atoms with van der Waals surface area (Å²) < 4.78 is 16.4. The van der Waals surface area contributed by atoms with E-state index in [2.05, 4.69) is 10.2 Å². The Morgan fingerprint density at radius 1 is 0.950 bits per heavy atom. The predicted molar refractivity (Wildman–Crippen MR) is 147 cm³/mol. The molecule has 2 fully saturated rings. The van der Waals surface area contributed by atoms with E-state index in [1.54, 1.807) is 11.9 Å². The lowest BCUT2D eigenvalue weighted by Crippen LogP contribution is -2.54. The van der Waals surface area contributed by atoms with Crippen LogP contribution in [0.5, 0.6) is 0 Å². The van der Waals surface area contributed by atoms with Crippen molar-refractivity contribution in [1.29, 1.82) is 0 Å². The maximum absolute atomic E-state index is 13.3. The normalized spacial score (nSPS) is 16.6. The second-order valence-corrected chi connectivity index (χ2v) is 10.2. The van der Waals surface area contributed by atoms with Crippen LogP contribution in [0.2, 0.25) is 0 Å². The highest BCUT2D eigenvalue weighted by molar-refractivity contribution is 5.91. The molecular weight excluding hydrogens is 518 g/mol. The third-order valence-electron chi connectivity index (χ3n) is 6.93. The minimum atomic E-state index is -1.01. The summed E-state index contributed by atoms with van der Waals surface area (Å²) in [5.74, 6) is -1.08. The first-order valence-corrected chi connectivity index (χ1v) is 13.9. The number of hydrogen-bond donors (Lipinski definition) is 1. The molecule has 1 atom stereocenters. The van der Waals surface area contributed by atoms with Gasteiger partial charge in [0.05, 0.1) is 33.0 Å². The topological polar surface area (TPSA) is 121 Å². The second-order valence-electron chi connectivity index (χ2n) is 10.2. The molecule has 0 radical (unpaired) electrons. The summed E-state index contributed by atoms with van der Waals surface area (Å²) in [6.45, 7) is 5.07. The summed E-state index contributed by atoms with van der Waals surface area (Å²) in [4.78, 5) is 57.7. The fraction of sp³-hybridized carbons (Fsp3) is 0.643. The summed E-state index contributed by atoms with van der Waals surface area (Å²) in [6, 6.07) is 8.22. The minimum Gasteiger partial charge on any atom is -0.445 e. The molecule has 3 rings (SSSR count). The third-order valence-corrected chi connectivity index (χ3v) is 6.93. The van der Waals surface area contributed by atoms with Gasteiger partial charge in [0.2, 0.25) is 17.7 Å². The number of nitrogens with one attached hydrogen (secondary N) is 1. The Hall–Kier alpha value is -3.22. The van der Waals surface area contributed by atoms with E-state index >= 15 is 0 Å². The highest BCUT2D eigenvalue weighted by atomic mass is 16.6. The van der Waals surface area contributed by atoms with Crippen molar-refractivity contribution in [2.24, 2.45) is 0 Å². The molecular formula is C28H43N5O7. The molecule has 12 nitrogen and oxygen atoms in total. The number of likely N-dealkylation sites (tertiary alicyclic amines) is 1. The number of likely N-dealkylation sites (N-methyl/N-ethyl adjacent to an activating group) is 2. The number of ether oxygens (including phenoxy) is 3. The van der Waals surface area contributed by atoms with Gasteiger partial charge in [-0.3, -0.25) is 19.3 Å². The summed E-state index contributed by atoms with van der Waals surface area (Å²) in [7, 11) is 3.00. The molecule has 0 aliphatic carbocycles. The molecule has 222 valence electrons. The van der Waals surface area contributed by atoms with Crippen molar-refractivity contribution in [2.75, 3.05) is 86.3 Å². The van der Waals surface area contributed by atoms with Crippen molar-refractivity contribution in [3.8, 4) is 0 Å². The van der Waals surface area contributed by atoms with Gasteiger partial charge in [-0.05, 0) is 24.8 Å². The first kappa shape index (κ1) is 31.3. The average Bonchev–Trinajstić information content (AvgIpc) is 2.98. The number of piperidine rings is 1. The van der Waals surface area contributed by atoms with Gasteiger partial charge in [-0.1, -0.05) is 30.3 Å². The number of carbonyl (C=O) groups excluding carboxylic acids is 4. The smallest absolute Gasteiger partial charge is 0.410 e. The van der Waals surface area contributed by atoms with E-state index in [4.69, 9.17) is 14.2 Å². The number of amides is 4. The second kappa shape index (κ2) is 16.8. The number of carbonyl (C=O) groups is 4. The van der Waals surface area contributed by atoms with Crippen molar-refractivity contribution >= 4 is 23.8 Å². The van der Waals surface area contributed by atoms with Crippen molar-refractivity contribution in [2.45, 2.75) is 31.9 Å².